The molecule has 0 saturated heterocycles. The largest absolute Gasteiger partial charge is 0.352 e. The van der Waals surface area contributed by atoms with E-state index >= 15 is 0 Å². The van der Waals surface area contributed by atoms with E-state index in [1.807, 2.05) is 22.9 Å². The molecule has 1 amide bonds. The summed E-state index contributed by atoms with van der Waals surface area (Å²) in [6, 6.07) is 6.79. The summed E-state index contributed by atoms with van der Waals surface area (Å²) < 4.78 is 28.3. The summed E-state index contributed by atoms with van der Waals surface area (Å²) in [5, 5.41) is 11.0. The number of fused-ring (bicyclic) bond motifs is 1. The molecule has 0 fully saturated rings. The van der Waals surface area contributed by atoms with Gasteiger partial charge in [-0.2, -0.15) is 4.98 Å². The molecule has 0 atom stereocenters. The van der Waals surface area contributed by atoms with E-state index in [1.165, 1.54) is 11.3 Å². The van der Waals surface area contributed by atoms with Gasteiger partial charge in [0.1, 0.15) is 11.6 Å². The van der Waals surface area contributed by atoms with E-state index in [0.29, 0.717) is 24.9 Å². The van der Waals surface area contributed by atoms with Crippen LogP contribution in [0.3, 0.4) is 0 Å². The molecule has 5 nitrogen and oxygen atoms in total. The van der Waals surface area contributed by atoms with Gasteiger partial charge in [-0.25, -0.2) is 13.3 Å². The minimum absolute atomic E-state index is 0.178. The second-order valence-electron chi connectivity index (χ2n) is 5.46. The normalized spacial score (nSPS) is 11.2. The topological polar surface area (TPSA) is 59.3 Å². The number of carbonyl (C=O) groups excluding carboxylic acids is 1. The highest BCUT2D eigenvalue weighted by atomic mass is 32.1. The minimum atomic E-state index is -0.878. The lowest BCUT2D eigenvalue weighted by Crippen LogP contribution is -2.26. The van der Waals surface area contributed by atoms with Gasteiger partial charge in [0.15, 0.2) is 5.82 Å². The number of carbonyl (C=O) groups is 1. The van der Waals surface area contributed by atoms with Crippen molar-refractivity contribution in [2.24, 2.45) is 0 Å². The van der Waals surface area contributed by atoms with Crippen LogP contribution in [0.4, 0.5) is 8.78 Å². The van der Waals surface area contributed by atoms with E-state index in [1.54, 1.807) is 15.9 Å². The summed E-state index contributed by atoms with van der Waals surface area (Å²) in [4.78, 5) is 18.3. The maximum Gasteiger partial charge on any atom is 0.254 e. The third kappa shape index (κ3) is 3.23. The first kappa shape index (κ1) is 16.8. The van der Waals surface area contributed by atoms with Crippen LogP contribution in [-0.2, 0) is 6.42 Å². The summed E-state index contributed by atoms with van der Waals surface area (Å²) in [6.45, 7) is 0.301. The molecule has 1 aromatic carbocycles. The van der Waals surface area contributed by atoms with Crippen molar-refractivity contribution in [3.8, 4) is 10.7 Å². The van der Waals surface area contributed by atoms with Gasteiger partial charge in [-0.05, 0) is 23.6 Å². The Morgan fingerprint density at radius 3 is 2.88 bits per heavy atom. The molecule has 0 aliphatic carbocycles. The summed E-state index contributed by atoms with van der Waals surface area (Å²) in [7, 11) is 0. The third-order valence-electron chi connectivity index (χ3n) is 3.73. The molecule has 0 bridgehead atoms. The van der Waals surface area contributed by atoms with Gasteiger partial charge in [0.2, 0.25) is 4.96 Å². The molecule has 0 spiro atoms. The smallest absolute Gasteiger partial charge is 0.254 e. The van der Waals surface area contributed by atoms with Crippen LogP contribution in [0.2, 0.25) is 0 Å². The Labute approximate surface area is 154 Å². The fraction of sp³-hybridized carbons (Fsp3) is 0.118. The Balaban J connectivity index is 1.44. The van der Waals surface area contributed by atoms with E-state index in [4.69, 9.17) is 0 Å². The van der Waals surface area contributed by atoms with Crippen molar-refractivity contribution in [3.05, 3.63) is 64.0 Å². The van der Waals surface area contributed by atoms with E-state index in [2.05, 4.69) is 15.4 Å². The molecule has 0 unspecified atom stereocenters. The van der Waals surface area contributed by atoms with Crippen LogP contribution in [0.25, 0.3) is 15.7 Å². The van der Waals surface area contributed by atoms with E-state index < -0.39 is 17.5 Å². The minimum Gasteiger partial charge on any atom is -0.352 e. The Bertz CT molecular complexity index is 1070. The average molecular weight is 390 g/mol. The molecule has 9 heteroatoms. The van der Waals surface area contributed by atoms with Gasteiger partial charge in [-0.1, -0.05) is 6.07 Å². The summed E-state index contributed by atoms with van der Waals surface area (Å²) in [5.74, 6) is -1.50. The van der Waals surface area contributed by atoms with Crippen molar-refractivity contribution >= 4 is 33.5 Å². The molecule has 4 rings (SSSR count). The average Bonchev–Trinajstić information content (AvgIpc) is 3.32. The number of benzene rings is 1. The molecule has 0 aliphatic rings. The van der Waals surface area contributed by atoms with Crippen molar-refractivity contribution in [1.29, 1.82) is 0 Å². The summed E-state index contributed by atoms with van der Waals surface area (Å²) in [5.41, 5.74) is 0.725. The number of halogens is 2. The molecule has 26 heavy (non-hydrogen) atoms. The quantitative estimate of drug-likeness (QED) is 0.564. The lowest BCUT2D eigenvalue weighted by atomic mass is 10.2. The standard InChI is InChI=1S/C17H12F2N4OS2/c18-10-3-4-12(13(19)8-10)16(24)20-6-5-11-9-26-17-21-15(22-23(11)17)14-2-1-7-25-14/h1-4,7-9H,5-6H2,(H,20,24). The zero-order valence-electron chi connectivity index (χ0n) is 13.3. The molecular weight excluding hydrogens is 378 g/mol. The number of nitrogens with one attached hydrogen (secondary N) is 1. The van der Waals surface area contributed by atoms with Crippen LogP contribution in [0.5, 0.6) is 0 Å². The fourth-order valence-corrected chi connectivity index (χ4v) is 3.99. The highest BCUT2D eigenvalue weighted by molar-refractivity contribution is 7.15. The number of amides is 1. The van der Waals surface area contributed by atoms with Crippen LogP contribution >= 0.6 is 22.7 Å². The van der Waals surface area contributed by atoms with Crippen LogP contribution in [-0.4, -0.2) is 27.0 Å². The van der Waals surface area contributed by atoms with Crippen molar-refractivity contribution < 1.29 is 13.6 Å². The molecule has 1 N–H and O–H groups in total. The molecule has 4 aromatic rings. The second-order valence-corrected chi connectivity index (χ2v) is 7.25. The number of hydrogen-bond acceptors (Lipinski definition) is 5. The van der Waals surface area contributed by atoms with Gasteiger partial charge in [-0.15, -0.1) is 27.8 Å². The van der Waals surface area contributed by atoms with Gasteiger partial charge in [0, 0.05) is 24.4 Å². The number of rotatable bonds is 5. The van der Waals surface area contributed by atoms with Crippen molar-refractivity contribution in [2.45, 2.75) is 6.42 Å². The predicted octanol–water partition coefficient (Wildman–Crippen LogP) is 3.77. The van der Waals surface area contributed by atoms with E-state index in [-0.39, 0.29) is 5.56 Å². The highest BCUT2D eigenvalue weighted by Crippen LogP contribution is 2.24. The predicted molar refractivity (Wildman–Crippen MR) is 96.6 cm³/mol. The maximum atomic E-state index is 13.6. The molecular formula is C17H12F2N4OS2. The zero-order chi connectivity index (χ0) is 18.1. The second kappa shape index (κ2) is 6.93. The Morgan fingerprint density at radius 2 is 2.12 bits per heavy atom. The van der Waals surface area contributed by atoms with Crippen molar-refractivity contribution in [2.75, 3.05) is 6.54 Å². The molecule has 0 radical (unpaired) electrons. The number of hydrogen-bond donors (Lipinski definition) is 1. The Hall–Kier alpha value is -2.65. The Kier molecular flexibility index (Phi) is 4.48. The summed E-state index contributed by atoms with van der Waals surface area (Å²) in [6.07, 6.45) is 0.516. The maximum absolute atomic E-state index is 13.6. The molecule has 3 aromatic heterocycles. The van der Waals surface area contributed by atoms with Gasteiger partial charge in [0.25, 0.3) is 5.91 Å². The lowest BCUT2D eigenvalue weighted by molar-refractivity contribution is 0.0950. The van der Waals surface area contributed by atoms with Crippen molar-refractivity contribution in [1.82, 2.24) is 19.9 Å². The number of aromatic nitrogens is 3. The first-order valence-electron chi connectivity index (χ1n) is 7.72. The van der Waals surface area contributed by atoms with Gasteiger partial charge in [-0.3, -0.25) is 4.79 Å². The number of nitrogens with zero attached hydrogens (tertiary/aromatic N) is 3. The van der Waals surface area contributed by atoms with Crippen LogP contribution in [0, 0.1) is 11.6 Å². The molecule has 3 heterocycles. The fourth-order valence-electron chi connectivity index (χ4n) is 2.48. The van der Waals surface area contributed by atoms with Gasteiger partial charge >= 0.3 is 0 Å². The Morgan fingerprint density at radius 1 is 1.23 bits per heavy atom. The molecule has 132 valence electrons. The van der Waals surface area contributed by atoms with E-state index in [0.717, 1.165) is 27.7 Å². The van der Waals surface area contributed by atoms with Gasteiger partial charge in [0.05, 0.1) is 16.1 Å². The first-order valence-corrected chi connectivity index (χ1v) is 9.48. The van der Waals surface area contributed by atoms with Crippen LogP contribution < -0.4 is 5.32 Å². The molecule has 0 saturated carbocycles. The van der Waals surface area contributed by atoms with Crippen LogP contribution in [0.1, 0.15) is 16.1 Å². The molecule has 0 aliphatic heterocycles. The highest BCUT2D eigenvalue weighted by Gasteiger charge is 2.14. The monoisotopic (exact) mass is 390 g/mol. The number of thiazole rings is 1. The third-order valence-corrected chi connectivity index (χ3v) is 5.46. The number of thiophene rings is 1. The zero-order valence-corrected chi connectivity index (χ0v) is 14.9. The van der Waals surface area contributed by atoms with Crippen molar-refractivity contribution in [3.63, 3.8) is 0 Å². The lowest BCUT2D eigenvalue weighted by Gasteiger charge is -2.05. The van der Waals surface area contributed by atoms with Gasteiger partial charge < -0.3 is 5.32 Å². The van der Waals surface area contributed by atoms with E-state index in [9.17, 15) is 13.6 Å². The summed E-state index contributed by atoms with van der Waals surface area (Å²) >= 11 is 3.04. The van der Waals surface area contributed by atoms with Crippen LogP contribution in [0.15, 0.2) is 41.1 Å². The SMILES string of the molecule is O=C(NCCc1csc2nc(-c3cccs3)nn12)c1ccc(F)cc1F. The first-order chi connectivity index (χ1) is 12.6.